The van der Waals surface area contributed by atoms with Crippen molar-refractivity contribution in [2.24, 2.45) is 0 Å². The number of nitrogens with zero attached hydrogens (tertiary/aromatic N) is 1. The van der Waals surface area contributed by atoms with Crippen molar-refractivity contribution in [2.75, 3.05) is 18.5 Å². The second-order valence-corrected chi connectivity index (χ2v) is 4.21. The summed E-state index contributed by atoms with van der Waals surface area (Å²) in [6.45, 7) is 3.39. The Labute approximate surface area is 101 Å². The minimum absolute atomic E-state index is 0.201. The number of aryl methyl sites for hydroxylation is 1. The van der Waals surface area contributed by atoms with Crippen LogP contribution in [-0.4, -0.2) is 30.3 Å². The van der Waals surface area contributed by atoms with Crippen molar-refractivity contribution in [1.29, 1.82) is 0 Å². The third kappa shape index (κ3) is 3.71. The Hall–Kier alpha value is -1.62. The predicted molar refractivity (Wildman–Crippen MR) is 65.0 cm³/mol. The van der Waals surface area contributed by atoms with E-state index in [4.69, 9.17) is 4.74 Å². The Morgan fingerprint density at radius 3 is 2.82 bits per heavy atom. The van der Waals surface area contributed by atoms with Gasteiger partial charge in [-0.2, -0.15) is 0 Å². The van der Waals surface area contributed by atoms with Crippen LogP contribution in [0.5, 0.6) is 0 Å². The van der Waals surface area contributed by atoms with Crippen LogP contribution in [0.4, 0.5) is 10.6 Å². The molecular formula is C12H17N3O2. The summed E-state index contributed by atoms with van der Waals surface area (Å²) in [5.41, 5.74) is 1.07. The van der Waals surface area contributed by atoms with Gasteiger partial charge >= 0.3 is 6.03 Å². The second kappa shape index (κ2) is 5.63. The van der Waals surface area contributed by atoms with Gasteiger partial charge in [-0.15, -0.1) is 0 Å². The van der Waals surface area contributed by atoms with Crippen LogP contribution in [0.15, 0.2) is 18.3 Å². The number of ether oxygens (including phenoxy) is 1. The summed E-state index contributed by atoms with van der Waals surface area (Å²) in [4.78, 5) is 15.8. The molecule has 2 heterocycles. The fourth-order valence-electron chi connectivity index (χ4n) is 1.72. The van der Waals surface area contributed by atoms with E-state index in [0.717, 1.165) is 18.4 Å². The molecule has 5 nitrogen and oxygen atoms in total. The van der Waals surface area contributed by atoms with Gasteiger partial charge in [0.2, 0.25) is 0 Å². The quantitative estimate of drug-likeness (QED) is 0.820. The standard InChI is InChI=1S/C12H17N3O2/c1-9-2-3-11(13-8-9)15-12(16)14-10-4-6-17-7-5-10/h2-3,8,10H,4-7H2,1H3,(H2,13,14,15,16). The number of carbonyl (C=O) groups is 1. The van der Waals surface area contributed by atoms with Crippen LogP contribution in [0.25, 0.3) is 0 Å². The second-order valence-electron chi connectivity index (χ2n) is 4.21. The molecule has 0 atom stereocenters. The maximum absolute atomic E-state index is 11.7. The van der Waals surface area contributed by atoms with Crippen molar-refractivity contribution < 1.29 is 9.53 Å². The van der Waals surface area contributed by atoms with E-state index in [1.807, 2.05) is 13.0 Å². The third-order valence-corrected chi connectivity index (χ3v) is 2.71. The fraction of sp³-hybridized carbons (Fsp3) is 0.500. The number of hydrogen-bond acceptors (Lipinski definition) is 3. The van der Waals surface area contributed by atoms with Gasteiger partial charge in [0.05, 0.1) is 0 Å². The van der Waals surface area contributed by atoms with Crippen molar-refractivity contribution in [2.45, 2.75) is 25.8 Å². The average Bonchev–Trinajstić information content (AvgIpc) is 2.33. The van der Waals surface area contributed by atoms with Crippen LogP contribution in [0.2, 0.25) is 0 Å². The molecule has 0 aliphatic carbocycles. The van der Waals surface area contributed by atoms with Gasteiger partial charge in [-0.25, -0.2) is 9.78 Å². The van der Waals surface area contributed by atoms with E-state index in [9.17, 15) is 4.79 Å². The summed E-state index contributed by atoms with van der Waals surface area (Å²) in [7, 11) is 0. The first-order valence-corrected chi connectivity index (χ1v) is 5.82. The minimum atomic E-state index is -0.201. The van der Waals surface area contributed by atoms with Crippen LogP contribution >= 0.6 is 0 Å². The normalized spacial score (nSPS) is 16.5. The highest BCUT2D eigenvalue weighted by atomic mass is 16.5. The van der Waals surface area contributed by atoms with Crippen molar-refractivity contribution in [3.05, 3.63) is 23.9 Å². The molecule has 1 aliphatic rings. The van der Waals surface area contributed by atoms with Gasteiger partial charge in [-0.3, -0.25) is 5.32 Å². The summed E-state index contributed by atoms with van der Waals surface area (Å²) >= 11 is 0. The van der Waals surface area contributed by atoms with Crippen LogP contribution in [0, 0.1) is 6.92 Å². The van der Waals surface area contributed by atoms with Crippen LogP contribution in [-0.2, 0) is 4.74 Å². The molecule has 0 spiro atoms. The van der Waals surface area contributed by atoms with Gasteiger partial charge in [0.25, 0.3) is 0 Å². The number of amides is 2. The first-order chi connectivity index (χ1) is 8.24. The molecule has 2 amide bonds. The lowest BCUT2D eigenvalue weighted by molar-refractivity contribution is 0.0806. The van der Waals surface area contributed by atoms with Crippen molar-refractivity contribution in [1.82, 2.24) is 10.3 Å². The molecular weight excluding hydrogens is 218 g/mol. The molecule has 0 bridgehead atoms. The van der Waals surface area contributed by atoms with Gasteiger partial charge in [-0.05, 0) is 31.4 Å². The van der Waals surface area contributed by atoms with Crippen LogP contribution in [0.1, 0.15) is 18.4 Å². The van der Waals surface area contributed by atoms with Gasteiger partial charge in [-0.1, -0.05) is 6.07 Å². The minimum Gasteiger partial charge on any atom is -0.381 e. The molecule has 0 radical (unpaired) electrons. The lowest BCUT2D eigenvalue weighted by Gasteiger charge is -2.23. The Bertz CT molecular complexity index is 372. The lowest BCUT2D eigenvalue weighted by atomic mass is 10.1. The molecule has 92 valence electrons. The number of hydrogen-bond donors (Lipinski definition) is 2. The Balaban J connectivity index is 1.82. The molecule has 17 heavy (non-hydrogen) atoms. The maximum atomic E-state index is 11.7. The molecule has 1 fully saturated rings. The zero-order valence-electron chi connectivity index (χ0n) is 9.90. The third-order valence-electron chi connectivity index (χ3n) is 2.71. The summed E-state index contributed by atoms with van der Waals surface area (Å²) in [6, 6.07) is 3.71. The monoisotopic (exact) mass is 235 g/mol. The van der Waals surface area contributed by atoms with E-state index in [1.165, 1.54) is 0 Å². The molecule has 1 aromatic rings. The lowest BCUT2D eigenvalue weighted by Crippen LogP contribution is -2.41. The highest BCUT2D eigenvalue weighted by Crippen LogP contribution is 2.07. The first-order valence-electron chi connectivity index (χ1n) is 5.82. The molecule has 0 unspecified atom stereocenters. The molecule has 1 aromatic heterocycles. The van der Waals surface area contributed by atoms with Crippen molar-refractivity contribution in [3.63, 3.8) is 0 Å². The number of nitrogens with one attached hydrogen (secondary N) is 2. The van der Waals surface area contributed by atoms with Gasteiger partial charge in [0.1, 0.15) is 5.82 Å². The zero-order chi connectivity index (χ0) is 12.1. The summed E-state index contributed by atoms with van der Waals surface area (Å²) < 4.78 is 5.23. The summed E-state index contributed by atoms with van der Waals surface area (Å²) in [5.74, 6) is 0.570. The number of aromatic nitrogens is 1. The van der Waals surface area contributed by atoms with Crippen LogP contribution in [0.3, 0.4) is 0 Å². The number of urea groups is 1. The number of rotatable bonds is 2. The Morgan fingerprint density at radius 2 is 2.18 bits per heavy atom. The molecule has 2 N–H and O–H groups in total. The largest absolute Gasteiger partial charge is 0.381 e. The summed E-state index contributed by atoms with van der Waals surface area (Å²) in [5, 5.41) is 5.63. The topological polar surface area (TPSA) is 63.2 Å². The molecule has 1 aliphatic heterocycles. The SMILES string of the molecule is Cc1ccc(NC(=O)NC2CCOCC2)nc1. The van der Waals surface area contributed by atoms with Gasteiger partial charge in [0.15, 0.2) is 0 Å². The Kier molecular flexibility index (Phi) is 3.93. The van der Waals surface area contributed by atoms with E-state index in [2.05, 4.69) is 15.6 Å². The first kappa shape index (κ1) is 11.9. The van der Waals surface area contributed by atoms with Crippen molar-refractivity contribution >= 4 is 11.8 Å². The average molecular weight is 235 g/mol. The van der Waals surface area contributed by atoms with Gasteiger partial charge in [0, 0.05) is 25.5 Å². The number of carbonyl (C=O) groups excluding carboxylic acids is 1. The van der Waals surface area contributed by atoms with Crippen molar-refractivity contribution in [3.8, 4) is 0 Å². The van der Waals surface area contributed by atoms with E-state index >= 15 is 0 Å². The molecule has 0 saturated carbocycles. The predicted octanol–water partition coefficient (Wildman–Crippen LogP) is 1.69. The van der Waals surface area contributed by atoms with E-state index in [0.29, 0.717) is 19.0 Å². The molecule has 0 aromatic carbocycles. The molecule has 1 saturated heterocycles. The highest BCUT2D eigenvalue weighted by Gasteiger charge is 2.15. The smallest absolute Gasteiger partial charge is 0.320 e. The zero-order valence-corrected chi connectivity index (χ0v) is 9.90. The maximum Gasteiger partial charge on any atom is 0.320 e. The number of pyridine rings is 1. The summed E-state index contributed by atoms with van der Waals surface area (Å²) in [6.07, 6.45) is 3.47. The van der Waals surface area contributed by atoms with Crippen LogP contribution < -0.4 is 10.6 Å². The highest BCUT2D eigenvalue weighted by molar-refractivity contribution is 5.88. The number of anilines is 1. The fourth-order valence-corrected chi connectivity index (χ4v) is 1.72. The van der Waals surface area contributed by atoms with Gasteiger partial charge < -0.3 is 10.1 Å². The molecule has 2 rings (SSSR count). The molecule has 5 heteroatoms. The van der Waals surface area contributed by atoms with E-state index < -0.39 is 0 Å². The van der Waals surface area contributed by atoms with E-state index in [-0.39, 0.29) is 12.1 Å². The Morgan fingerprint density at radius 1 is 1.41 bits per heavy atom. The van der Waals surface area contributed by atoms with E-state index in [1.54, 1.807) is 12.3 Å².